The number of hydrogen-bond donors (Lipinski definition) is 0. The smallest absolute Gasteiger partial charge is 0.185 e. The summed E-state index contributed by atoms with van der Waals surface area (Å²) in [5, 5.41) is 6.83. The molecule has 0 saturated heterocycles. The van der Waals surface area contributed by atoms with Gasteiger partial charge in [-0.1, -0.05) is 121 Å². The summed E-state index contributed by atoms with van der Waals surface area (Å²) in [7, 11) is -3.48. The number of fused-ring (bicyclic) bond motifs is 10. The predicted molar refractivity (Wildman–Crippen MR) is 246 cm³/mol. The molecule has 13 rings (SSSR count). The second-order valence-corrected chi connectivity index (χ2v) is 18.2. The highest BCUT2D eigenvalue weighted by Gasteiger charge is 2.48. The summed E-state index contributed by atoms with van der Waals surface area (Å²) in [6.45, 7) is 0. The number of benzene rings is 9. The standard InChI is InChI=1S/C54H33N2O3P/c57-60-50-23-11-9-21-48(50)58-52-42(34-25-29-36(30-26-34)55-44-17-5-1-13-38(44)39-14-2-6-18-45(39)55)33-43(53(54(52)60)59-49-22-10-12-24-51(49)60)35-27-31-37(32-28-35)56-46-19-7-3-15-40(46)41-16-4-8-20-47(41)56/h1-33H. The third-order valence-electron chi connectivity index (χ3n) is 12.4. The van der Waals surface area contributed by atoms with Crippen molar-refractivity contribution in [3.05, 3.63) is 200 Å². The molecule has 0 spiro atoms. The number of hydrogen-bond acceptors (Lipinski definition) is 3. The van der Waals surface area contributed by atoms with E-state index in [2.05, 4.69) is 161 Å². The first kappa shape index (κ1) is 33.4. The molecule has 0 radical (unpaired) electrons. The van der Waals surface area contributed by atoms with Gasteiger partial charge >= 0.3 is 0 Å². The van der Waals surface area contributed by atoms with Crippen LogP contribution in [0.2, 0.25) is 0 Å². The van der Waals surface area contributed by atoms with Crippen molar-refractivity contribution < 1.29 is 14.0 Å². The fourth-order valence-electron chi connectivity index (χ4n) is 9.73. The molecule has 0 saturated carbocycles. The van der Waals surface area contributed by atoms with E-state index in [1.165, 1.54) is 21.5 Å². The summed E-state index contributed by atoms with van der Waals surface area (Å²) in [5.41, 5.74) is 10.3. The highest BCUT2D eigenvalue weighted by molar-refractivity contribution is 7.86. The zero-order valence-electron chi connectivity index (χ0n) is 32.1. The van der Waals surface area contributed by atoms with Crippen LogP contribution in [-0.2, 0) is 4.57 Å². The predicted octanol–water partition coefficient (Wildman–Crippen LogP) is 13.1. The van der Waals surface area contributed by atoms with E-state index in [0.29, 0.717) is 38.9 Å². The molecule has 5 nitrogen and oxygen atoms in total. The lowest BCUT2D eigenvalue weighted by atomic mass is 9.96. The van der Waals surface area contributed by atoms with Crippen molar-refractivity contribution in [3.63, 3.8) is 0 Å². The van der Waals surface area contributed by atoms with Crippen LogP contribution in [0.1, 0.15) is 0 Å². The van der Waals surface area contributed by atoms with Crippen molar-refractivity contribution in [2.75, 3.05) is 0 Å². The van der Waals surface area contributed by atoms with Gasteiger partial charge in [0, 0.05) is 44.0 Å². The van der Waals surface area contributed by atoms with Crippen LogP contribution in [-0.4, -0.2) is 9.13 Å². The van der Waals surface area contributed by atoms with Crippen LogP contribution in [0.25, 0.3) is 77.2 Å². The van der Waals surface area contributed by atoms with Crippen molar-refractivity contribution in [2.24, 2.45) is 0 Å². The van der Waals surface area contributed by atoms with Gasteiger partial charge in [-0.3, -0.25) is 0 Å². The topological polar surface area (TPSA) is 45.4 Å². The van der Waals surface area contributed by atoms with Gasteiger partial charge < -0.3 is 23.2 Å². The van der Waals surface area contributed by atoms with Crippen LogP contribution in [0.4, 0.5) is 0 Å². The lowest BCUT2D eigenvalue weighted by molar-refractivity contribution is 0.464. The Labute approximate surface area is 345 Å². The van der Waals surface area contributed by atoms with Crippen LogP contribution < -0.4 is 25.4 Å². The maximum atomic E-state index is 16.3. The second-order valence-electron chi connectivity index (χ2n) is 15.6. The van der Waals surface area contributed by atoms with Crippen molar-refractivity contribution in [1.82, 2.24) is 9.13 Å². The molecule has 2 aromatic heterocycles. The first-order valence-electron chi connectivity index (χ1n) is 20.2. The molecule has 9 aromatic carbocycles. The van der Waals surface area contributed by atoms with Crippen LogP contribution in [0.15, 0.2) is 200 Å². The monoisotopic (exact) mass is 788 g/mol. The van der Waals surface area contributed by atoms with Crippen LogP contribution >= 0.6 is 7.14 Å². The Hall–Kier alpha value is -7.59. The number of rotatable bonds is 4. The maximum absolute atomic E-state index is 16.3. The molecule has 6 heteroatoms. The minimum absolute atomic E-state index is 0.566. The summed E-state index contributed by atoms with van der Waals surface area (Å²) in [6.07, 6.45) is 0. The zero-order chi connectivity index (χ0) is 39.5. The van der Waals surface area contributed by atoms with Crippen molar-refractivity contribution >= 4 is 66.7 Å². The molecule has 2 aliphatic rings. The molecule has 4 heterocycles. The Balaban J connectivity index is 1.03. The van der Waals surface area contributed by atoms with E-state index in [1.54, 1.807) is 0 Å². The molecule has 0 aliphatic carbocycles. The fraction of sp³-hybridized carbons (Fsp3) is 0. The molecule has 0 bridgehead atoms. The minimum Gasteiger partial charge on any atom is -0.455 e. The number of ether oxygens (including phenoxy) is 2. The molecule has 2 aliphatic heterocycles. The average Bonchev–Trinajstić information content (AvgIpc) is 3.83. The van der Waals surface area contributed by atoms with E-state index in [4.69, 9.17) is 9.47 Å². The maximum Gasteiger partial charge on any atom is 0.185 e. The Bertz CT molecular complexity index is 3300. The van der Waals surface area contributed by atoms with Gasteiger partial charge in [0.25, 0.3) is 0 Å². The molecule has 282 valence electrons. The first-order valence-corrected chi connectivity index (χ1v) is 21.9. The normalized spacial score (nSPS) is 13.5. The van der Waals surface area contributed by atoms with Gasteiger partial charge in [0.05, 0.1) is 32.7 Å². The molecule has 0 N–H and O–H groups in total. The quantitative estimate of drug-likeness (QED) is 0.167. The Kier molecular flexibility index (Phi) is 6.93. The van der Waals surface area contributed by atoms with Gasteiger partial charge in [-0.15, -0.1) is 0 Å². The van der Waals surface area contributed by atoms with Crippen LogP contribution in [0.5, 0.6) is 23.0 Å². The summed E-state index contributed by atoms with van der Waals surface area (Å²) < 4.78 is 34.7. The third-order valence-corrected chi connectivity index (χ3v) is 15.5. The Morgan fingerprint density at radius 1 is 0.367 bits per heavy atom. The average molecular weight is 789 g/mol. The molecule has 0 unspecified atom stereocenters. The molecule has 0 fully saturated rings. The lowest BCUT2D eigenvalue weighted by Gasteiger charge is -2.36. The van der Waals surface area contributed by atoms with E-state index >= 15 is 4.57 Å². The van der Waals surface area contributed by atoms with E-state index in [-0.39, 0.29) is 0 Å². The van der Waals surface area contributed by atoms with Crippen LogP contribution in [0.3, 0.4) is 0 Å². The summed E-state index contributed by atoms with van der Waals surface area (Å²) >= 11 is 0. The Morgan fingerprint density at radius 2 is 0.700 bits per heavy atom. The van der Waals surface area contributed by atoms with E-state index < -0.39 is 7.14 Å². The largest absolute Gasteiger partial charge is 0.455 e. The van der Waals surface area contributed by atoms with E-state index in [9.17, 15) is 0 Å². The van der Waals surface area contributed by atoms with Gasteiger partial charge in [0.15, 0.2) is 7.14 Å². The molecule has 60 heavy (non-hydrogen) atoms. The van der Waals surface area contributed by atoms with Crippen molar-refractivity contribution in [3.8, 4) is 56.6 Å². The van der Waals surface area contributed by atoms with Crippen LogP contribution in [0, 0.1) is 0 Å². The van der Waals surface area contributed by atoms with Gasteiger partial charge in [-0.05, 0) is 90.0 Å². The van der Waals surface area contributed by atoms with Crippen molar-refractivity contribution in [2.45, 2.75) is 0 Å². The summed E-state index contributed by atoms with van der Waals surface area (Å²) in [4.78, 5) is 0. The zero-order valence-corrected chi connectivity index (χ0v) is 33.0. The fourth-order valence-corrected chi connectivity index (χ4v) is 12.8. The van der Waals surface area contributed by atoms with E-state index in [0.717, 1.165) is 55.7 Å². The summed E-state index contributed by atoms with van der Waals surface area (Å²) in [5.74, 6) is 2.33. The van der Waals surface area contributed by atoms with Gasteiger partial charge in [0.1, 0.15) is 28.3 Å². The second kappa shape index (κ2) is 12.5. The van der Waals surface area contributed by atoms with Crippen molar-refractivity contribution in [1.29, 1.82) is 0 Å². The molecular weight excluding hydrogens is 756 g/mol. The van der Waals surface area contributed by atoms with E-state index in [1.807, 2.05) is 48.5 Å². The highest BCUT2D eigenvalue weighted by atomic mass is 31.2. The Morgan fingerprint density at radius 3 is 1.08 bits per heavy atom. The first-order chi connectivity index (χ1) is 29.6. The molecule has 0 amide bonds. The van der Waals surface area contributed by atoms with Gasteiger partial charge in [-0.25, -0.2) is 0 Å². The minimum atomic E-state index is -3.48. The summed E-state index contributed by atoms with van der Waals surface area (Å²) in [6, 6.07) is 69.1. The molecule has 11 aromatic rings. The highest BCUT2D eigenvalue weighted by Crippen LogP contribution is 2.61. The number of para-hydroxylation sites is 6. The molecule has 0 atom stereocenters. The number of aromatic nitrogens is 2. The van der Waals surface area contributed by atoms with Gasteiger partial charge in [-0.2, -0.15) is 0 Å². The van der Waals surface area contributed by atoms with Gasteiger partial charge in [0.2, 0.25) is 0 Å². The SMILES string of the molecule is O=P12c3ccccc3Oc3c(-c4ccc(-n5c6ccccc6c6ccccc65)cc4)cc(-c4ccc(-n5c6ccccc6c6ccccc65)cc4)c(c31)Oc1ccccc12. The third kappa shape index (κ3) is 4.55. The number of nitrogens with zero attached hydrogens (tertiary/aromatic N) is 2. The molecular formula is C54H33N2O3P. The lowest BCUT2D eigenvalue weighted by Crippen LogP contribution is -2.35.